The molecule has 2 rings (SSSR count). The third kappa shape index (κ3) is 12.1. The van der Waals surface area contributed by atoms with Gasteiger partial charge >= 0.3 is 0 Å². The molecule has 2 aliphatic rings. The minimum atomic E-state index is 0.463. The third-order valence-electron chi connectivity index (χ3n) is 6.22. The fourth-order valence-electron chi connectivity index (χ4n) is 4.35. The zero-order valence-electron chi connectivity index (χ0n) is 18.4. The van der Waals surface area contributed by atoms with Crippen LogP contribution < -0.4 is 0 Å². The maximum atomic E-state index is 9.60. The van der Waals surface area contributed by atoms with Crippen LogP contribution in [0.2, 0.25) is 0 Å². The Bertz CT molecular complexity index is 328. The van der Waals surface area contributed by atoms with Crippen LogP contribution in [0.25, 0.3) is 0 Å². The molecule has 2 N–H and O–H groups in total. The summed E-state index contributed by atoms with van der Waals surface area (Å²) >= 11 is 0. The van der Waals surface area contributed by atoms with Crippen molar-refractivity contribution in [3.05, 3.63) is 0 Å². The van der Waals surface area contributed by atoms with Crippen molar-refractivity contribution in [3.8, 4) is 0 Å². The number of hydroxylamine groups is 4. The fourth-order valence-corrected chi connectivity index (χ4v) is 4.35. The van der Waals surface area contributed by atoms with E-state index in [4.69, 9.17) is 0 Å². The molecule has 2 fully saturated rings. The van der Waals surface area contributed by atoms with E-state index in [1.54, 1.807) is 10.1 Å². The minimum absolute atomic E-state index is 0.463. The van der Waals surface area contributed by atoms with Crippen molar-refractivity contribution in [2.75, 3.05) is 13.1 Å². The molecule has 0 aromatic heterocycles. The molecule has 0 aliphatic carbocycles. The fraction of sp³-hybridized carbons (Fsp3) is 1.00. The molecule has 0 saturated carbocycles. The van der Waals surface area contributed by atoms with Crippen molar-refractivity contribution >= 4 is 0 Å². The Kier molecular flexibility index (Phi) is 15.4. The average molecular weight is 385 g/mol. The van der Waals surface area contributed by atoms with Gasteiger partial charge in [0.05, 0.1) is 0 Å². The molecule has 4 nitrogen and oxygen atoms in total. The molecule has 4 heteroatoms. The first kappa shape index (κ1) is 24.9. The van der Waals surface area contributed by atoms with Crippen LogP contribution in [0, 0.1) is 0 Å². The van der Waals surface area contributed by atoms with Crippen molar-refractivity contribution in [3.63, 3.8) is 0 Å². The number of piperidine rings is 2. The molecule has 2 saturated heterocycles. The number of nitrogens with zero attached hydrogens (tertiary/aromatic N) is 2. The van der Waals surface area contributed by atoms with Gasteiger partial charge in [-0.05, 0) is 38.5 Å². The topological polar surface area (TPSA) is 46.9 Å². The smallest absolute Gasteiger partial charge is 0.0350 e. The van der Waals surface area contributed by atoms with Crippen LogP contribution >= 0.6 is 0 Å². The SMILES string of the molecule is CCCCCCC1CCCCN1O.CCCCCCCC1CCCCN1O. The molecular formula is C23H48N2O2. The van der Waals surface area contributed by atoms with E-state index in [2.05, 4.69) is 13.8 Å². The summed E-state index contributed by atoms with van der Waals surface area (Å²) < 4.78 is 0. The number of rotatable bonds is 11. The van der Waals surface area contributed by atoms with Gasteiger partial charge in [0.2, 0.25) is 0 Å². The van der Waals surface area contributed by atoms with Crippen molar-refractivity contribution in [2.45, 2.75) is 135 Å². The Hall–Kier alpha value is -0.160. The summed E-state index contributed by atoms with van der Waals surface area (Å²) in [6, 6.07) is 0.927. The summed E-state index contributed by atoms with van der Waals surface area (Å²) in [4.78, 5) is 0. The summed E-state index contributed by atoms with van der Waals surface area (Å²) in [5, 5.41) is 22.3. The molecular weight excluding hydrogens is 336 g/mol. The van der Waals surface area contributed by atoms with Crippen LogP contribution in [0.5, 0.6) is 0 Å². The lowest BCUT2D eigenvalue weighted by Gasteiger charge is -2.30. The number of hydrogen-bond acceptors (Lipinski definition) is 4. The Labute approximate surface area is 169 Å². The minimum Gasteiger partial charge on any atom is -0.314 e. The lowest BCUT2D eigenvalue weighted by Crippen LogP contribution is -2.36. The van der Waals surface area contributed by atoms with E-state index in [9.17, 15) is 10.4 Å². The maximum absolute atomic E-state index is 9.60. The van der Waals surface area contributed by atoms with Gasteiger partial charge in [0.15, 0.2) is 0 Å². The molecule has 27 heavy (non-hydrogen) atoms. The summed E-state index contributed by atoms with van der Waals surface area (Å²) in [6.07, 6.45) is 21.7. The van der Waals surface area contributed by atoms with E-state index in [0.29, 0.717) is 12.1 Å². The van der Waals surface area contributed by atoms with Crippen LogP contribution in [-0.2, 0) is 0 Å². The van der Waals surface area contributed by atoms with Gasteiger partial charge in [-0.2, -0.15) is 10.1 Å². The van der Waals surface area contributed by atoms with Gasteiger partial charge in [-0.1, -0.05) is 84.5 Å². The predicted octanol–water partition coefficient (Wildman–Crippen LogP) is 6.79. The Morgan fingerprint density at radius 1 is 0.593 bits per heavy atom. The largest absolute Gasteiger partial charge is 0.314 e. The normalized spacial score (nSPS) is 24.4. The summed E-state index contributed by atoms with van der Waals surface area (Å²) in [7, 11) is 0. The Morgan fingerprint density at radius 2 is 1.00 bits per heavy atom. The Morgan fingerprint density at radius 3 is 1.41 bits per heavy atom. The second kappa shape index (κ2) is 16.8. The highest BCUT2D eigenvalue weighted by Crippen LogP contribution is 2.21. The van der Waals surface area contributed by atoms with Gasteiger partial charge in [-0.3, -0.25) is 0 Å². The van der Waals surface area contributed by atoms with Crippen molar-refractivity contribution in [1.82, 2.24) is 10.1 Å². The average Bonchev–Trinajstić information content (AvgIpc) is 2.68. The van der Waals surface area contributed by atoms with Gasteiger partial charge in [-0.15, -0.1) is 0 Å². The van der Waals surface area contributed by atoms with E-state index < -0.39 is 0 Å². The van der Waals surface area contributed by atoms with Gasteiger partial charge in [-0.25, -0.2) is 0 Å². The van der Waals surface area contributed by atoms with E-state index in [1.807, 2.05) is 0 Å². The first-order valence-electron chi connectivity index (χ1n) is 12.1. The molecule has 2 atom stereocenters. The molecule has 2 heterocycles. The van der Waals surface area contributed by atoms with E-state index in [0.717, 1.165) is 13.1 Å². The van der Waals surface area contributed by atoms with E-state index >= 15 is 0 Å². The summed E-state index contributed by atoms with van der Waals surface area (Å²) in [5.41, 5.74) is 0. The van der Waals surface area contributed by atoms with Gasteiger partial charge in [0.1, 0.15) is 0 Å². The van der Waals surface area contributed by atoms with Crippen molar-refractivity contribution < 1.29 is 10.4 Å². The van der Waals surface area contributed by atoms with E-state index in [-0.39, 0.29) is 0 Å². The molecule has 0 bridgehead atoms. The molecule has 0 spiro atoms. The van der Waals surface area contributed by atoms with Crippen LogP contribution in [-0.4, -0.2) is 45.7 Å². The number of unbranched alkanes of at least 4 members (excludes halogenated alkanes) is 7. The Balaban J connectivity index is 0.000000271. The van der Waals surface area contributed by atoms with Gasteiger partial charge < -0.3 is 10.4 Å². The lowest BCUT2D eigenvalue weighted by atomic mass is 9.98. The van der Waals surface area contributed by atoms with Crippen LogP contribution in [0.3, 0.4) is 0 Å². The number of hydrogen-bond donors (Lipinski definition) is 2. The molecule has 0 aromatic rings. The second-order valence-corrected chi connectivity index (χ2v) is 8.68. The van der Waals surface area contributed by atoms with Gasteiger partial charge in [0.25, 0.3) is 0 Å². The third-order valence-corrected chi connectivity index (χ3v) is 6.22. The highest BCUT2D eigenvalue weighted by Gasteiger charge is 2.20. The first-order valence-corrected chi connectivity index (χ1v) is 12.1. The van der Waals surface area contributed by atoms with E-state index in [1.165, 1.54) is 109 Å². The van der Waals surface area contributed by atoms with Crippen molar-refractivity contribution in [2.24, 2.45) is 0 Å². The first-order chi connectivity index (χ1) is 13.2. The summed E-state index contributed by atoms with van der Waals surface area (Å²) in [6.45, 7) is 6.26. The second-order valence-electron chi connectivity index (χ2n) is 8.68. The van der Waals surface area contributed by atoms with Crippen LogP contribution in [0.4, 0.5) is 0 Å². The maximum Gasteiger partial charge on any atom is 0.0350 e. The molecule has 0 aromatic carbocycles. The molecule has 2 unspecified atom stereocenters. The molecule has 0 radical (unpaired) electrons. The zero-order chi connectivity index (χ0) is 19.7. The highest BCUT2D eigenvalue weighted by atomic mass is 16.5. The molecule has 2 aliphatic heterocycles. The van der Waals surface area contributed by atoms with Crippen LogP contribution in [0.15, 0.2) is 0 Å². The summed E-state index contributed by atoms with van der Waals surface area (Å²) in [5.74, 6) is 0. The van der Waals surface area contributed by atoms with Gasteiger partial charge in [0, 0.05) is 25.2 Å². The standard InChI is InChI=1S/C12H25NO.C11H23NO/c1-2-3-4-5-6-9-12-10-7-8-11-13(12)14;1-2-3-4-5-8-11-9-6-7-10-12(11)13/h12,14H,2-11H2,1H3;11,13H,2-10H2,1H3. The zero-order valence-corrected chi connectivity index (χ0v) is 18.4. The monoisotopic (exact) mass is 384 g/mol. The quantitative estimate of drug-likeness (QED) is 0.385. The molecule has 162 valence electrons. The lowest BCUT2D eigenvalue weighted by molar-refractivity contribution is -0.144. The predicted molar refractivity (Wildman–Crippen MR) is 114 cm³/mol. The van der Waals surface area contributed by atoms with Crippen molar-refractivity contribution in [1.29, 1.82) is 0 Å². The highest BCUT2D eigenvalue weighted by molar-refractivity contribution is 4.71. The van der Waals surface area contributed by atoms with Crippen LogP contribution in [0.1, 0.15) is 123 Å². The molecule has 0 amide bonds.